The first-order valence-corrected chi connectivity index (χ1v) is 8.92. The number of ether oxygens (including phenoxy) is 3. The largest absolute Gasteiger partial charge is 0.493 e. The van der Waals surface area contributed by atoms with Crippen LogP contribution in [0.15, 0.2) is 42.5 Å². The Balaban J connectivity index is 1.74. The first-order valence-electron chi connectivity index (χ1n) is 8.92. The Kier molecular flexibility index (Phi) is 5.66. The lowest BCUT2D eigenvalue weighted by molar-refractivity contribution is 0.0924. The van der Waals surface area contributed by atoms with Crippen molar-refractivity contribution in [1.29, 1.82) is 0 Å². The van der Waals surface area contributed by atoms with E-state index in [1.165, 1.54) is 0 Å². The summed E-state index contributed by atoms with van der Waals surface area (Å²) in [6, 6.07) is 13.0. The molecule has 138 valence electrons. The fourth-order valence-electron chi connectivity index (χ4n) is 2.92. The number of hydrogen-bond acceptors (Lipinski definition) is 4. The van der Waals surface area contributed by atoms with E-state index in [4.69, 9.17) is 14.2 Å². The predicted molar refractivity (Wildman–Crippen MR) is 100 cm³/mol. The minimum absolute atomic E-state index is 0.0599. The van der Waals surface area contributed by atoms with Crippen molar-refractivity contribution in [3.05, 3.63) is 53.6 Å². The van der Waals surface area contributed by atoms with E-state index in [2.05, 4.69) is 19.2 Å². The third kappa shape index (κ3) is 4.10. The van der Waals surface area contributed by atoms with Gasteiger partial charge in [0, 0.05) is 17.5 Å². The molecule has 0 saturated heterocycles. The van der Waals surface area contributed by atoms with Gasteiger partial charge in [-0.05, 0) is 30.2 Å². The molecule has 0 saturated carbocycles. The van der Waals surface area contributed by atoms with E-state index < -0.39 is 0 Å². The molecule has 0 fully saturated rings. The number of nitrogens with one attached hydrogen (secondary N) is 1. The average Bonchev–Trinajstić information content (AvgIpc) is 2.66. The number of rotatable bonds is 6. The molecule has 26 heavy (non-hydrogen) atoms. The van der Waals surface area contributed by atoms with Crippen LogP contribution in [-0.4, -0.2) is 26.2 Å². The molecule has 0 aromatic heterocycles. The van der Waals surface area contributed by atoms with Crippen LogP contribution in [0.2, 0.25) is 0 Å². The number of benzene rings is 2. The number of amides is 1. The number of para-hydroxylation sites is 1. The van der Waals surface area contributed by atoms with Crippen molar-refractivity contribution < 1.29 is 19.0 Å². The van der Waals surface area contributed by atoms with Crippen molar-refractivity contribution in [1.82, 2.24) is 5.32 Å². The molecule has 5 nitrogen and oxygen atoms in total. The second-order valence-electron chi connectivity index (χ2n) is 6.77. The molecule has 1 atom stereocenters. The fraction of sp³-hybridized carbons (Fsp3) is 0.381. The van der Waals surface area contributed by atoms with Crippen molar-refractivity contribution in [3.8, 4) is 17.2 Å². The molecule has 2 aromatic rings. The maximum absolute atomic E-state index is 12.7. The summed E-state index contributed by atoms with van der Waals surface area (Å²) in [6.07, 6.45) is 0.746. The molecule has 1 aliphatic rings. The Morgan fingerprint density at radius 3 is 2.81 bits per heavy atom. The van der Waals surface area contributed by atoms with E-state index in [1.807, 2.05) is 24.3 Å². The molecule has 1 aliphatic heterocycles. The summed E-state index contributed by atoms with van der Waals surface area (Å²) in [5.41, 5.74) is 1.55. The topological polar surface area (TPSA) is 56.8 Å². The Morgan fingerprint density at radius 1 is 1.23 bits per heavy atom. The van der Waals surface area contributed by atoms with E-state index in [0.717, 1.165) is 17.7 Å². The molecule has 2 aromatic carbocycles. The van der Waals surface area contributed by atoms with Gasteiger partial charge in [0.25, 0.3) is 5.91 Å². The van der Waals surface area contributed by atoms with Crippen LogP contribution in [0, 0.1) is 5.92 Å². The van der Waals surface area contributed by atoms with Gasteiger partial charge in [-0.15, -0.1) is 0 Å². The van der Waals surface area contributed by atoms with Crippen molar-refractivity contribution in [2.45, 2.75) is 26.3 Å². The predicted octanol–water partition coefficient (Wildman–Crippen LogP) is 3.98. The summed E-state index contributed by atoms with van der Waals surface area (Å²) in [4.78, 5) is 12.7. The minimum Gasteiger partial charge on any atom is -0.493 e. The molecule has 1 heterocycles. The molecule has 1 unspecified atom stereocenters. The Bertz CT molecular complexity index is 772. The Labute approximate surface area is 154 Å². The SMILES string of the molecule is COc1cc(C(=O)NC2CCOc3ccccc32)ccc1OCC(C)C. The number of methoxy groups -OCH3 is 1. The van der Waals surface area contributed by atoms with Gasteiger partial charge in [0.15, 0.2) is 11.5 Å². The van der Waals surface area contributed by atoms with Crippen LogP contribution in [0.4, 0.5) is 0 Å². The molecule has 1 amide bonds. The van der Waals surface area contributed by atoms with Crippen LogP contribution in [0.5, 0.6) is 17.2 Å². The molecule has 0 radical (unpaired) electrons. The summed E-state index contributed by atoms with van der Waals surface area (Å²) in [6.45, 7) is 5.36. The second kappa shape index (κ2) is 8.13. The van der Waals surface area contributed by atoms with Crippen LogP contribution >= 0.6 is 0 Å². The molecule has 1 N–H and O–H groups in total. The van der Waals surface area contributed by atoms with E-state index in [0.29, 0.717) is 36.2 Å². The van der Waals surface area contributed by atoms with Gasteiger partial charge in [0.2, 0.25) is 0 Å². The van der Waals surface area contributed by atoms with Gasteiger partial charge in [-0.2, -0.15) is 0 Å². The van der Waals surface area contributed by atoms with Gasteiger partial charge >= 0.3 is 0 Å². The smallest absolute Gasteiger partial charge is 0.251 e. The number of carbonyl (C=O) groups is 1. The molecule has 5 heteroatoms. The van der Waals surface area contributed by atoms with Crippen molar-refractivity contribution >= 4 is 5.91 Å². The monoisotopic (exact) mass is 355 g/mol. The summed E-state index contributed by atoms with van der Waals surface area (Å²) in [5.74, 6) is 2.32. The first-order chi connectivity index (χ1) is 12.6. The summed E-state index contributed by atoms with van der Waals surface area (Å²) in [5, 5.41) is 3.10. The van der Waals surface area contributed by atoms with Gasteiger partial charge < -0.3 is 19.5 Å². The lowest BCUT2D eigenvalue weighted by atomic mass is 10.00. The zero-order valence-electron chi connectivity index (χ0n) is 15.5. The number of hydrogen-bond donors (Lipinski definition) is 1. The molecule has 0 aliphatic carbocycles. The highest BCUT2D eigenvalue weighted by molar-refractivity contribution is 5.95. The average molecular weight is 355 g/mol. The van der Waals surface area contributed by atoms with Gasteiger partial charge in [-0.3, -0.25) is 4.79 Å². The van der Waals surface area contributed by atoms with E-state index in [9.17, 15) is 4.79 Å². The summed E-state index contributed by atoms with van der Waals surface area (Å²) < 4.78 is 16.8. The molecule has 0 spiro atoms. The highest BCUT2D eigenvalue weighted by Crippen LogP contribution is 2.32. The van der Waals surface area contributed by atoms with Crippen molar-refractivity contribution in [3.63, 3.8) is 0 Å². The standard InChI is InChI=1S/C21H25NO4/c1-14(2)13-26-19-9-8-15(12-20(19)24-3)21(23)22-17-10-11-25-18-7-5-4-6-16(17)18/h4-9,12,14,17H,10-11,13H2,1-3H3,(H,22,23). The van der Waals surface area contributed by atoms with Crippen LogP contribution in [0.1, 0.15) is 42.2 Å². The van der Waals surface area contributed by atoms with E-state index >= 15 is 0 Å². The van der Waals surface area contributed by atoms with Crippen LogP contribution < -0.4 is 19.5 Å². The zero-order valence-corrected chi connectivity index (χ0v) is 15.5. The van der Waals surface area contributed by atoms with Crippen molar-refractivity contribution in [2.24, 2.45) is 5.92 Å². The Hall–Kier alpha value is -2.69. The lowest BCUT2D eigenvalue weighted by Gasteiger charge is -2.26. The third-order valence-electron chi connectivity index (χ3n) is 4.26. The molecular weight excluding hydrogens is 330 g/mol. The minimum atomic E-state index is -0.139. The zero-order chi connectivity index (χ0) is 18.5. The lowest BCUT2D eigenvalue weighted by Crippen LogP contribution is -2.32. The second-order valence-corrected chi connectivity index (χ2v) is 6.77. The fourth-order valence-corrected chi connectivity index (χ4v) is 2.92. The van der Waals surface area contributed by atoms with Crippen LogP contribution in [-0.2, 0) is 0 Å². The molecular formula is C21H25NO4. The number of fused-ring (bicyclic) bond motifs is 1. The van der Waals surface area contributed by atoms with Gasteiger partial charge in [-0.25, -0.2) is 0 Å². The maximum Gasteiger partial charge on any atom is 0.251 e. The molecule has 0 bridgehead atoms. The summed E-state index contributed by atoms with van der Waals surface area (Å²) in [7, 11) is 1.58. The van der Waals surface area contributed by atoms with Crippen LogP contribution in [0.3, 0.4) is 0 Å². The maximum atomic E-state index is 12.7. The van der Waals surface area contributed by atoms with Gasteiger partial charge in [0.1, 0.15) is 5.75 Å². The van der Waals surface area contributed by atoms with Gasteiger partial charge in [0.05, 0.1) is 26.4 Å². The van der Waals surface area contributed by atoms with Crippen molar-refractivity contribution in [2.75, 3.05) is 20.3 Å². The van der Waals surface area contributed by atoms with Gasteiger partial charge in [-0.1, -0.05) is 32.0 Å². The first kappa shape index (κ1) is 18.1. The third-order valence-corrected chi connectivity index (χ3v) is 4.26. The normalized spacial score (nSPS) is 15.8. The highest BCUT2D eigenvalue weighted by Gasteiger charge is 2.23. The van der Waals surface area contributed by atoms with E-state index in [-0.39, 0.29) is 11.9 Å². The quantitative estimate of drug-likeness (QED) is 0.851. The highest BCUT2D eigenvalue weighted by atomic mass is 16.5. The molecule has 3 rings (SSSR count). The summed E-state index contributed by atoms with van der Waals surface area (Å²) >= 11 is 0. The number of carbonyl (C=O) groups excluding carboxylic acids is 1. The van der Waals surface area contributed by atoms with Crippen LogP contribution in [0.25, 0.3) is 0 Å². The van der Waals surface area contributed by atoms with E-state index in [1.54, 1.807) is 25.3 Å². The Morgan fingerprint density at radius 2 is 2.04 bits per heavy atom.